The second-order valence-electron chi connectivity index (χ2n) is 8.25. The summed E-state index contributed by atoms with van der Waals surface area (Å²) in [6.45, 7) is 5.01. The molecule has 3 aromatic rings. The van der Waals surface area contributed by atoms with E-state index in [2.05, 4.69) is 22.2 Å². The molecule has 4 N–H and O–H groups in total. The van der Waals surface area contributed by atoms with Gasteiger partial charge in [0, 0.05) is 23.8 Å². The Morgan fingerprint density at radius 1 is 1.17 bits per heavy atom. The quantitative estimate of drug-likeness (QED) is 0.487. The van der Waals surface area contributed by atoms with Gasteiger partial charge in [0.15, 0.2) is 0 Å². The van der Waals surface area contributed by atoms with Crippen LogP contribution in [0.15, 0.2) is 48.7 Å². The van der Waals surface area contributed by atoms with Crippen molar-refractivity contribution < 1.29 is 32.7 Å². The molecule has 192 valence electrons. The minimum Gasteiger partial charge on any atom is -0.475 e. The van der Waals surface area contributed by atoms with E-state index in [1.54, 1.807) is 16.8 Å². The number of aromatic nitrogens is 2. The molecule has 9 nitrogen and oxygen atoms in total. The predicted octanol–water partition coefficient (Wildman–Crippen LogP) is 3.43. The lowest BCUT2D eigenvalue weighted by atomic mass is 9.97. The Morgan fingerprint density at radius 2 is 1.83 bits per heavy atom. The summed E-state index contributed by atoms with van der Waals surface area (Å²) >= 11 is 0. The first-order valence-corrected chi connectivity index (χ1v) is 11.2. The zero-order valence-electron chi connectivity index (χ0n) is 19.5. The summed E-state index contributed by atoms with van der Waals surface area (Å²) in [5.41, 5.74) is 8.03. The van der Waals surface area contributed by atoms with Crippen LogP contribution in [0.3, 0.4) is 0 Å². The topological polar surface area (TPSA) is 131 Å². The molecule has 1 unspecified atom stereocenters. The smallest absolute Gasteiger partial charge is 0.475 e. The van der Waals surface area contributed by atoms with E-state index in [0.29, 0.717) is 11.1 Å². The highest BCUT2D eigenvalue weighted by atomic mass is 19.4. The van der Waals surface area contributed by atoms with E-state index in [-0.39, 0.29) is 11.8 Å². The summed E-state index contributed by atoms with van der Waals surface area (Å²) in [4.78, 5) is 35.4. The van der Waals surface area contributed by atoms with Crippen molar-refractivity contribution in [2.24, 2.45) is 11.7 Å². The zero-order chi connectivity index (χ0) is 26.5. The molecule has 1 saturated heterocycles. The van der Waals surface area contributed by atoms with Crippen molar-refractivity contribution >= 4 is 34.4 Å². The van der Waals surface area contributed by atoms with Gasteiger partial charge in [-0.3, -0.25) is 9.59 Å². The molecule has 2 aromatic carbocycles. The number of rotatable bonds is 5. The molecule has 0 bridgehead atoms. The van der Waals surface area contributed by atoms with Gasteiger partial charge < -0.3 is 21.1 Å². The number of alkyl halides is 3. The van der Waals surface area contributed by atoms with Crippen molar-refractivity contribution in [2.75, 3.05) is 25.0 Å². The largest absolute Gasteiger partial charge is 0.490 e. The molecule has 1 aliphatic heterocycles. The SMILES string of the molecule is CCN1CCCC(C(=O)Nc2ccc(-n3cc4cccc(C(N)=O)c4n3)cc2)C1.O=C(O)C(F)(F)F. The van der Waals surface area contributed by atoms with Gasteiger partial charge >= 0.3 is 12.1 Å². The Kier molecular flexibility index (Phi) is 8.30. The van der Waals surface area contributed by atoms with Gasteiger partial charge in [0.2, 0.25) is 5.91 Å². The van der Waals surface area contributed by atoms with Crippen molar-refractivity contribution in [1.29, 1.82) is 0 Å². The third-order valence-corrected chi connectivity index (χ3v) is 5.77. The molecule has 0 aliphatic carbocycles. The van der Waals surface area contributed by atoms with E-state index < -0.39 is 18.1 Å². The number of nitrogens with two attached hydrogens (primary N) is 1. The average molecular weight is 505 g/mol. The zero-order valence-corrected chi connectivity index (χ0v) is 19.5. The Morgan fingerprint density at radius 3 is 2.42 bits per heavy atom. The molecule has 0 saturated carbocycles. The fourth-order valence-electron chi connectivity index (χ4n) is 3.88. The number of benzene rings is 2. The van der Waals surface area contributed by atoms with Crippen molar-refractivity contribution in [1.82, 2.24) is 14.7 Å². The number of carbonyl (C=O) groups excluding carboxylic acids is 2. The summed E-state index contributed by atoms with van der Waals surface area (Å²) in [7, 11) is 0. The van der Waals surface area contributed by atoms with Crippen LogP contribution in [0.1, 0.15) is 30.1 Å². The number of aliphatic carboxylic acids is 1. The molecule has 12 heteroatoms. The summed E-state index contributed by atoms with van der Waals surface area (Å²) in [6.07, 6.45) is -1.23. The van der Waals surface area contributed by atoms with Crippen LogP contribution in [-0.4, -0.2) is 63.4 Å². The van der Waals surface area contributed by atoms with Crippen LogP contribution in [-0.2, 0) is 9.59 Å². The minimum absolute atomic E-state index is 0.0343. The minimum atomic E-state index is -5.08. The van der Waals surface area contributed by atoms with E-state index >= 15 is 0 Å². The predicted molar refractivity (Wildman–Crippen MR) is 127 cm³/mol. The van der Waals surface area contributed by atoms with Crippen LogP contribution >= 0.6 is 0 Å². The van der Waals surface area contributed by atoms with E-state index in [4.69, 9.17) is 15.6 Å². The van der Waals surface area contributed by atoms with Gasteiger partial charge in [-0.2, -0.15) is 18.3 Å². The van der Waals surface area contributed by atoms with Gasteiger partial charge in [-0.15, -0.1) is 0 Å². The highest BCUT2D eigenvalue weighted by Crippen LogP contribution is 2.22. The highest BCUT2D eigenvalue weighted by Gasteiger charge is 2.38. The number of hydrogen-bond acceptors (Lipinski definition) is 5. The molecule has 0 radical (unpaired) electrons. The first-order chi connectivity index (χ1) is 17.0. The van der Waals surface area contributed by atoms with E-state index in [1.807, 2.05) is 36.5 Å². The number of halogens is 3. The lowest BCUT2D eigenvalue weighted by molar-refractivity contribution is -0.192. The fourth-order valence-corrected chi connectivity index (χ4v) is 3.88. The second-order valence-corrected chi connectivity index (χ2v) is 8.25. The number of hydrogen-bond donors (Lipinski definition) is 3. The molecule has 1 atom stereocenters. The van der Waals surface area contributed by atoms with Gasteiger partial charge in [-0.1, -0.05) is 19.1 Å². The number of nitrogens with zero attached hydrogens (tertiary/aromatic N) is 3. The normalized spacial score (nSPS) is 16.2. The molecule has 36 heavy (non-hydrogen) atoms. The van der Waals surface area contributed by atoms with Crippen molar-refractivity contribution in [2.45, 2.75) is 25.9 Å². The van der Waals surface area contributed by atoms with Gasteiger partial charge in [0.25, 0.3) is 5.91 Å². The standard InChI is InChI=1S/C22H25N5O2.C2HF3O2/c1-2-26-12-4-6-16(13-26)22(29)24-17-8-10-18(11-9-17)27-14-15-5-3-7-19(21(23)28)20(15)25-27;3-2(4,5)1(6)7/h3,5,7-11,14,16H,2,4,6,12-13H2,1H3,(H2,23,28)(H,24,29);(H,6,7). The third kappa shape index (κ3) is 6.60. The average Bonchev–Trinajstić information content (AvgIpc) is 3.28. The molecule has 2 heterocycles. The summed E-state index contributed by atoms with van der Waals surface area (Å²) in [5.74, 6) is -3.14. The van der Waals surface area contributed by atoms with E-state index in [9.17, 15) is 22.8 Å². The summed E-state index contributed by atoms with van der Waals surface area (Å²) in [5, 5.41) is 15.5. The van der Waals surface area contributed by atoms with Crippen LogP contribution in [0, 0.1) is 5.92 Å². The molecule has 1 fully saturated rings. The first-order valence-electron chi connectivity index (χ1n) is 11.2. The van der Waals surface area contributed by atoms with Crippen LogP contribution in [0.4, 0.5) is 18.9 Å². The van der Waals surface area contributed by atoms with Crippen molar-refractivity contribution in [3.05, 3.63) is 54.2 Å². The maximum Gasteiger partial charge on any atom is 0.490 e. The van der Waals surface area contributed by atoms with Crippen LogP contribution < -0.4 is 11.1 Å². The Bertz CT molecular complexity index is 1240. The number of nitrogens with one attached hydrogen (secondary N) is 1. The maximum atomic E-state index is 12.6. The lowest BCUT2D eigenvalue weighted by Crippen LogP contribution is -2.40. The molecular weight excluding hydrogens is 479 g/mol. The van der Waals surface area contributed by atoms with E-state index in [0.717, 1.165) is 49.2 Å². The lowest BCUT2D eigenvalue weighted by Gasteiger charge is -2.30. The van der Waals surface area contributed by atoms with Gasteiger partial charge in [0.05, 0.1) is 17.2 Å². The van der Waals surface area contributed by atoms with Crippen molar-refractivity contribution in [3.8, 4) is 5.69 Å². The monoisotopic (exact) mass is 505 g/mol. The second kappa shape index (κ2) is 11.2. The van der Waals surface area contributed by atoms with Crippen LogP contribution in [0.5, 0.6) is 0 Å². The van der Waals surface area contributed by atoms with E-state index in [1.165, 1.54) is 0 Å². The number of likely N-dealkylation sites (tertiary alicyclic amines) is 1. The number of primary amides is 1. The Balaban J connectivity index is 0.000000454. The van der Waals surface area contributed by atoms with Gasteiger partial charge in [0.1, 0.15) is 5.52 Å². The number of anilines is 1. The number of amides is 2. The molecule has 4 rings (SSSR count). The number of carboxylic acid groups (broad SMARTS) is 1. The number of carboxylic acids is 1. The maximum absolute atomic E-state index is 12.6. The van der Waals surface area contributed by atoms with Crippen molar-refractivity contribution in [3.63, 3.8) is 0 Å². The number of fused-ring (bicyclic) bond motifs is 1. The Labute approximate surface area is 204 Å². The molecule has 2 amide bonds. The number of piperidine rings is 1. The molecular formula is C24H26F3N5O4. The highest BCUT2D eigenvalue weighted by molar-refractivity contribution is 6.04. The Hall–Kier alpha value is -3.93. The van der Waals surface area contributed by atoms with Crippen LogP contribution in [0.2, 0.25) is 0 Å². The molecule has 0 spiro atoms. The van der Waals surface area contributed by atoms with Crippen LogP contribution in [0.25, 0.3) is 16.6 Å². The molecule has 1 aromatic heterocycles. The first kappa shape index (κ1) is 26.7. The summed E-state index contributed by atoms with van der Waals surface area (Å²) in [6, 6.07) is 12.9. The molecule has 1 aliphatic rings. The van der Waals surface area contributed by atoms with Gasteiger partial charge in [-0.05, 0) is 56.3 Å². The summed E-state index contributed by atoms with van der Waals surface area (Å²) < 4.78 is 33.4. The van der Waals surface area contributed by atoms with Gasteiger partial charge in [-0.25, -0.2) is 9.48 Å². The third-order valence-electron chi connectivity index (χ3n) is 5.77. The fraction of sp³-hybridized carbons (Fsp3) is 0.333. The number of carbonyl (C=O) groups is 3.